The number of fused-ring (bicyclic) bond motifs is 2. The summed E-state index contributed by atoms with van der Waals surface area (Å²) in [5.41, 5.74) is 0.988. The van der Waals surface area contributed by atoms with Gasteiger partial charge >= 0.3 is 0 Å². The second-order valence-electron chi connectivity index (χ2n) is 6.74. The Balaban J connectivity index is 1.65. The van der Waals surface area contributed by atoms with Crippen LogP contribution in [0.1, 0.15) is 19.8 Å². The maximum atomic E-state index is 12.7. The molecule has 7 heteroatoms. The summed E-state index contributed by atoms with van der Waals surface area (Å²) >= 11 is 1.41. The number of para-hydroxylation sites is 1. The molecule has 2 aromatic rings. The Morgan fingerprint density at radius 3 is 2.38 bits per heavy atom. The molecule has 0 N–H and O–H groups in total. The molecule has 1 aliphatic carbocycles. The van der Waals surface area contributed by atoms with Crippen molar-refractivity contribution < 1.29 is 14.4 Å². The summed E-state index contributed by atoms with van der Waals surface area (Å²) in [7, 11) is 1.85. The Hall–Kier alpha value is -2.54. The summed E-state index contributed by atoms with van der Waals surface area (Å²) in [4.78, 5) is 43.8. The summed E-state index contributed by atoms with van der Waals surface area (Å²) in [6.07, 6.45) is 5.00. The summed E-state index contributed by atoms with van der Waals surface area (Å²) in [5.74, 6) is -1.63. The van der Waals surface area contributed by atoms with E-state index in [1.807, 2.05) is 48.0 Å². The Bertz CT molecular complexity index is 990. The Labute approximate surface area is 154 Å². The number of likely N-dealkylation sites (tertiary alicyclic amines) is 1. The average molecular weight is 369 g/mol. The molecule has 134 valence electrons. The van der Waals surface area contributed by atoms with Gasteiger partial charge in [-0.3, -0.25) is 19.3 Å². The monoisotopic (exact) mass is 369 g/mol. The zero-order valence-electron chi connectivity index (χ0n) is 14.6. The Kier molecular flexibility index (Phi) is 4.11. The molecule has 2 aliphatic rings. The van der Waals surface area contributed by atoms with Gasteiger partial charge in [-0.25, -0.2) is 0 Å². The normalized spacial score (nSPS) is 24.4. The molecule has 0 spiro atoms. The number of carbonyl (C=O) groups excluding carboxylic acids is 3. The first-order valence-electron chi connectivity index (χ1n) is 8.64. The molecule has 3 amide bonds. The number of carbonyl (C=O) groups is 3. The van der Waals surface area contributed by atoms with E-state index in [1.54, 1.807) is 6.92 Å². The number of thiazole rings is 1. The summed E-state index contributed by atoms with van der Waals surface area (Å²) < 4.78 is 2.88. The van der Waals surface area contributed by atoms with Crippen LogP contribution in [0.2, 0.25) is 0 Å². The minimum absolute atomic E-state index is 0.249. The van der Waals surface area contributed by atoms with Gasteiger partial charge in [0, 0.05) is 7.05 Å². The first kappa shape index (κ1) is 16.9. The summed E-state index contributed by atoms with van der Waals surface area (Å²) in [6, 6.07) is 6.92. The number of benzene rings is 1. The highest BCUT2D eigenvalue weighted by Gasteiger charge is 2.50. The number of aryl methyl sites for hydroxylation is 1. The molecule has 1 saturated heterocycles. The highest BCUT2D eigenvalue weighted by atomic mass is 32.1. The van der Waals surface area contributed by atoms with Gasteiger partial charge in [-0.15, -0.1) is 0 Å². The number of hydrogen-bond acceptors (Lipinski definition) is 4. The van der Waals surface area contributed by atoms with Gasteiger partial charge in [0.1, 0.15) is 6.04 Å². The summed E-state index contributed by atoms with van der Waals surface area (Å²) in [6.45, 7) is 1.58. The number of hydrogen-bond donors (Lipinski definition) is 0. The van der Waals surface area contributed by atoms with Gasteiger partial charge < -0.3 is 4.57 Å². The van der Waals surface area contributed by atoms with Crippen LogP contribution in [0, 0.1) is 11.8 Å². The van der Waals surface area contributed by atoms with Crippen LogP contribution >= 0.6 is 11.3 Å². The zero-order valence-corrected chi connectivity index (χ0v) is 15.4. The lowest BCUT2D eigenvalue weighted by Gasteiger charge is -2.19. The van der Waals surface area contributed by atoms with Crippen LogP contribution in [0.15, 0.2) is 41.4 Å². The fourth-order valence-electron chi connectivity index (χ4n) is 3.69. The van der Waals surface area contributed by atoms with E-state index >= 15 is 0 Å². The molecule has 0 saturated carbocycles. The third-order valence-electron chi connectivity index (χ3n) is 5.21. The van der Waals surface area contributed by atoms with E-state index in [4.69, 9.17) is 0 Å². The highest BCUT2D eigenvalue weighted by Crippen LogP contribution is 2.36. The maximum absolute atomic E-state index is 12.7. The highest BCUT2D eigenvalue weighted by molar-refractivity contribution is 7.16. The molecule has 26 heavy (non-hydrogen) atoms. The molecule has 1 aromatic heterocycles. The molecule has 0 bridgehead atoms. The van der Waals surface area contributed by atoms with Gasteiger partial charge in [-0.2, -0.15) is 4.99 Å². The number of amides is 3. The second-order valence-corrected chi connectivity index (χ2v) is 7.75. The summed E-state index contributed by atoms with van der Waals surface area (Å²) in [5, 5.41) is 0. The molecule has 1 aromatic carbocycles. The molecule has 6 nitrogen and oxygen atoms in total. The lowest BCUT2D eigenvalue weighted by Crippen LogP contribution is -2.43. The fourth-order valence-corrected chi connectivity index (χ4v) is 4.72. The van der Waals surface area contributed by atoms with Gasteiger partial charge in [0.15, 0.2) is 4.80 Å². The fraction of sp³-hybridized carbons (Fsp3) is 0.368. The smallest absolute Gasteiger partial charge is 0.271 e. The molecular formula is C19H19N3O3S. The zero-order chi connectivity index (χ0) is 18.4. The lowest BCUT2D eigenvalue weighted by molar-refractivity contribution is -0.146. The molecule has 1 aliphatic heterocycles. The third kappa shape index (κ3) is 2.54. The van der Waals surface area contributed by atoms with Crippen LogP contribution in [0.25, 0.3) is 10.2 Å². The first-order valence-corrected chi connectivity index (χ1v) is 9.45. The van der Waals surface area contributed by atoms with E-state index in [1.165, 1.54) is 11.3 Å². The van der Waals surface area contributed by atoms with Crippen LogP contribution in [0.4, 0.5) is 0 Å². The van der Waals surface area contributed by atoms with Gasteiger partial charge in [-0.1, -0.05) is 35.6 Å². The van der Waals surface area contributed by atoms with Crippen LogP contribution in [0.3, 0.4) is 0 Å². The minimum Gasteiger partial charge on any atom is -0.319 e. The molecule has 3 atom stereocenters. The van der Waals surface area contributed by atoms with E-state index in [0.717, 1.165) is 15.1 Å². The first-order chi connectivity index (χ1) is 12.5. The van der Waals surface area contributed by atoms with Crippen LogP contribution in [0.5, 0.6) is 0 Å². The van der Waals surface area contributed by atoms with Crippen molar-refractivity contribution in [2.24, 2.45) is 23.9 Å². The van der Waals surface area contributed by atoms with Gasteiger partial charge in [0.25, 0.3) is 5.91 Å². The molecular weight excluding hydrogens is 350 g/mol. The van der Waals surface area contributed by atoms with Crippen molar-refractivity contribution in [2.75, 3.05) is 0 Å². The van der Waals surface area contributed by atoms with Crippen molar-refractivity contribution in [3.8, 4) is 0 Å². The number of aromatic nitrogens is 1. The van der Waals surface area contributed by atoms with Gasteiger partial charge in [0.05, 0.1) is 22.1 Å². The van der Waals surface area contributed by atoms with E-state index in [0.29, 0.717) is 17.6 Å². The molecule has 0 unspecified atom stereocenters. The third-order valence-corrected chi connectivity index (χ3v) is 6.32. The van der Waals surface area contributed by atoms with Crippen molar-refractivity contribution in [3.05, 3.63) is 41.2 Å². The number of rotatable bonds is 2. The average Bonchev–Trinajstić information content (AvgIpc) is 3.10. The largest absolute Gasteiger partial charge is 0.319 e. The van der Waals surface area contributed by atoms with Crippen molar-refractivity contribution in [3.63, 3.8) is 0 Å². The molecule has 1 fully saturated rings. The van der Waals surface area contributed by atoms with Crippen LogP contribution < -0.4 is 4.80 Å². The van der Waals surface area contributed by atoms with Crippen molar-refractivity contribution >= 4 is 39.3 Å². The van der Waals surface area contributed by atoms with Crippen molar-refractivity contribution in [1.82, 2.24) is 9.47 Å². The second kappa shape index (κ2) is 6.32. The van der Waals surface area contributed by atoms with Gasteiger partial charge in [0.2, 0.25) is 11.8 Å². The Morgan fingerprint density at radius 2 is 1.77 bits per heavy atom. The van der Waals surface area contributed by atoms with Gasteiger partial charge in [-0.05, 0) is 31.9 Å². The number of allylic oxidation sites excluding steroid dienone is 2. The van der Waals surface area contributed by atoms with Crippen LogP contribution in [-0.4, -0.2) is 33.2 Å². The van der Waals surface area contributed by atoms with Crippen molar-refractivity contribution in [2.45, 2.75) is 25.8 Å². The SMILES string of the molecule is C[C@H](C(=O)N=c1sc2ccccc2n1C)N1C(=O)[C@H]2CC=CC[C@H]2C1=O. The number of nitrogens with zero attached hydrogens (tertiary/aromatic N) is 3. The molecule has 2 heterocycles. The molecule has 0 radical (unpaired) electrons. The van der Waals surface area contributed by atoms with E-state index in [2.05, 4.69) is 4.99 Å². The minimum atomic E-state index is -0.884. The number of imide groups is 1. The van der Waals surface area contributed by atoms with Crippen molar-refractivity contribution in [1.29, 1.82) is 0 Å². The van der Waals surface area contributed by atoms with E-state index in [9.17, 15) is 14.4 Å². The topological polar surface area (TPSA) is 71.7 Å². The van der Waals surface area contributed by atoms with E-state index < -0.39 is 11.9 Å². The Morgan fingerprint density at radius 1 is 1.15 bits per heavy atom. The predicted molar refractivity (Wildman–Crippen MR) is 98.0 cm³/mol. The quantitative estimate of drug-likeness (QED) is 0.600. The van der Waals surface area contributed by atoms with E-state index in [-0.39, 0.29) is 23.7 Å². The predicted octanol–water partition coefficient (Wildman–Crippen LogP) is 2.01. The lowest BCUT2D eigenvalue weighted by atomic mass is 9.85. The van der Waals surface area contributed by atoms with Crippen LogP contribution in [-0.2, 0) is 21.4 Å². The molecule has 4 rings (SSSR count). The maximum Gasteiger partial charge on any atom is 0.271 e. The standard InChI is InChI=1S/C19H19N3O3S/c1-11(22-17(24)12-7-3-4-8-13(12)18(22)25)16(23)20-19-21(2)14-9-5-6-10-15(14)26-19/h3-6,9-13H,7-8H2,1-2H3/t11-,12-,13+/m1/s1.